The fraction of sp³-hybridized carbons (Fsp3) is 0.235. The molecule has 0 radical (unpaired) electrons. The van der Waals surface area contributed by atoms with Crippen molar-refractivity contribution in [2.75, 3.05) is 0 Å². The SMILES string of the molecule is Cc1cc(C)c2oc(CC(N)c3ccccc3)nc2c1. The zero-order chi connectivity index (χ0) is 14.1. The Labute approximate surface area is 118 Å². The van der Waals surface area contributed by atoms with Crippen molar-refractivity contribution in [3.63, 3.8) is 0 Å². The highest BCUT2D eigenvalue weighted by Gasteiger charge is 2.13. The highest BCUT2D eigenvalue weighted by Crippen LogP contribution is 2.24. The molecule has 2 N–H and O–H groups in total. The van der Waals surface area contributed by atoms with Gasteiger partial charge in [0, 0.05) is 12.5 Å². The number of fused-ring (bicyclic) bond motifs is 1. The second kappa shape index (κ2) is 5.10. The van der Waals surface area contributed by atoms with Crippen molar-refractivity contribution in [3.05, 3.63) is 65.0 Å². The molecule has 0 aliphatic heterocycles. The lowest BCUT2D eigenvalue weighted by molar-refractivity contribution is 0.501. The molecular weight excluding hydrogens is 248 g/mol. The number of nitrogens with two attached hydrogens (primary N) is 1. The van der Waals surface area contributed by atoms with Crippen LogP contribution in [0, 0.1) is 13.8 Å². The molecule has 0 amide bonds. The number of rotatable bonds is 3. The first-order chi connectivity index (χ1) is 9.63. The van der Waals surface area contributed by atoms with Crippen molar-refractivity contribution in [1.82, 2.24) is 4.98 Å². The fourth-order valence-electron chi connectivity index (χ4n) is 2.52. The summed E-state index contributed by atoms with van der Waals surface area (Å²) in [5, 5.41) is 0. The van der Waals surface area contributed by atoms with Gasteiger partial charge in [-0.1, -0.05) is 36.4 Å². The minimum Gasteiger partial charge on any atom is -0.440 e. The van der Waals surface area contributed by atoms with E-state index in [2.05, 4.69) is 18.0 Å². The molecule has 0 spiro atoms. The van der Waals surface area contributed by atoms with E-state index in [-0.39, 0.29) is 6.04 Å². The van der Waals surface area contributed by atoms with Crippen LogP contribution in [0.5, 0.6) is 0 Å². The molecule has 0 aliphatic rings. The first-order valence-electron chi connectivity index (χ1n) is 6.80. The third-order valence-electron chi connectivity index (χ3n) is 3.49. The Hall–Kier alpha value is -2.13. The molecule has 1 aromatic heterocycles. The number of oxazole rings is 1. The van der Waals surface area contributed by atoms with Gasteiger partial charge in [0.15, 0.2) is 11.5 Å². The minimum absolute atomic E-state index is 0.0920. The molecule has 2 aromatic carbocycles. The highest BCUT2D eigenvalue weighted by atomic mass is 16.3. The molecule has 102 valence electrons. The summed E-state index contributed by atoms with van der Waals surface area (Å²) < 4.78 is 5.85. The zero-order valence-corrected chi connectivity index (χ0v) is 11.8. The predicted molar refractivity (Wildman–Crippen MR) is 80.6 cm³/mol. The summed E-state index contributed by atoms with van der Waals surface area (Å²) in [6.45, 7) is 4.11. The van der Waals surface area contributed by atoms with Crippen LogP contribution in [0.25, 0.3) is 11.1 Å². The van der Waals surface area contributed by atoms with Gasteiger partial charge in [-0.3, -0.25) is 0 Å². The van der Waals surface area contributed by atoms with Gasteiger partial charge in [0.25, 0.3) is 0 Å². The van der Waals surface area contributed by atoms with E-state index >= 15 is 0 Å². The zero-order valence-electron chi connectivity index (χ0n) is 11.8. The Balaban J connectivity index is 1.90. The van der Waals surface area contributed by atoms with E-state index in [1.165, 1.54) is 5.56 Å². The van der Waals surface area contributed by atoms with E-state index in [4.69, 9.17) is 10.2 Å². The van der Waals surface area contributed by atoms with Gasteiger partial charge in [-0.15, -0.1) is 0 Å². The lowest BCUT2D eigenvalue weighted by Gasteiger charge is -2.08. The van der Waals surface area contributed by atoms with Crippen LogP contribution in [0.2, 0.25) is 0 Å². The van der Waals surface area contributed by atoms with Crippen LogP contribution in [0.15, 0.2) is 46.9 Å². The summed E-state index contributed by atoms with van der Waals surface area (Å²) in [4.78, 5) is 4.55. The van der Waals surface area contributed by atoms with Gasteiger partial charge in [0.2, 0.25) is 0 Å². The summed E-state index contributed by atoms with van der Waals surface area (Å²) in [5.74, 6) is 0.699. The number of nitrogens with zero attached hydrogens (tertiary/aromatic N) is 1. The monoisotopic (exact) mass is 266 g/mol. The first kappa shape index (κ1) is 12.9. The van der Waals surface area contributed by atoms with Crippen LogP contribution < -0.4 is 5.73 Å². The Morgan fingerprint density at radius 2 is 1.90 bits per heavy atom. The maximum atomic E-state index is 6.22. The number of hydrogen-bond donors (Lipinski definition) is 1. The van der Waals surface area contributed by atoms with E-state index in [1.54, 1.807) is 0 Å². The van der Waals surface area contributed by atoms with Gasteiger partial charge in [0.05, 0.1) is 0 Å². The fourth-order valence-corrected chi connectivity index (χ4v) is 2.52. The molecular formula is C17H18N2O. The number of hydrogen-bond acceptors (Lipinski definition) is 3. The summed E-state index contributed by atoms with van der Waals surface area (Å²) in [6.07, 6.45) is 0.608. The van der Waals surface area contributed by atoms with Crippen LogP contribution in [0.3, 0.4) is 0 Å². The predicted octanol–water partition coefficient (Wildman–Crippen LogP) is 3.69. The summed E-state index contributed by atoms with van der Waals surface area (Å²) in [7, 11) is 0. The van der Waals surface area contributed by atoms with Crippen LogP contribution in [-0.2, 0) is 6.42 Å². The van der Waals surface area contributed by atoms with Crippen molar-refractivity contribution in [1.29, 1.82) is 0 Å². The third-order valence-corrected chi connectivity index (χ3v) is 3.49. The quantitative estimate of drug-likeness (QED) is 0.786. The average molecular weight is 266 g/mol. The Bertz CT molecular complexity index is 731. The topological polar surface area (TPSA) is 52.0 Å². The third kappa shape index (κ3) is 2.45. The molecule has 0 saturated carbocycles. The standard InChI is InChI=1S/C17H18N2O/c1-11-8-12(2)17-15(9-11)19-16(20-17)10-14(18)13-6-4-3-5-7-13/h3-9,14H,10,18H2,1-2H3. The molecule has 0 fully saturated rings. The van der Waals surface area contributed by atoms with Crippen molar-refractivity contribution in [3.8, 4) is 0 Å². The van der Waals surface area contributed by atoms with Crippen molar-refractivity contribution < 1.29 is 4.42 Å². The normalized spacial score (nSPS) is 12.8. The van der Waals surface area contributed by atoms with Gasteiger partial charge in [-0.05, 0) is 36.6 Å². The molecule has 0 bridgehead atoms. The smallest absolute Gasteiger partial charge is 0.197 e. The van der Waals surface area contributed by atoms with E-state index in [0.29, 0.717) is 12.3 Å². The molecule has 3 aromatic rings. The van der Waals surface area contributed by atoms with E-state index in [1.807, 2.05) is 43.3 Å². The minimum atomic E-state index is -0.0920. The van der Waals surface area contributed by atoms with Crippen LogP contribution in [0.4, 0.5) is 0 Å². The lowest BCUT2D eigenvalue weighted by atomic mass is 10.1. The average Bonchev–Trinajstić information content (AvgIpc) is 2.82. The molecule has 3 nitrogen and oxygen atoms in total. The molecule has 0 saturated heterocycles. The second-order valence-corrected chi connectivity index (χ2v) is 5.26. The number of aryl methyl sites for hydroxylation is 2. The molecule has 3 heteroatoms. The van der Waals surface area contributed by atoms with Gasteiger partial charge >= 0.3 is 0 Å². The molecule has 3 rings (SSSR count). The second-order valence-electron chi connectivity index (χ2n) is 5.26. The molecule has 1 atom stereocenters. The Morgan fingerprint density at radius 1 is 1.15 bits per heavy atom. The summed E-state index contributed by atoms with van der Waals surface area (Å²) in [6, 6.07) is 14.1. The lowest BCUT2D eigenvalue weighted by Crippen LogP contribution is -2.13. The van der Waals surface area contributed by atoms with Crippen LogP contribution >= 0.6 is 0 Å². The molecule has 1 unspecified atom stereocenters. The van der Waals surface area contributed by atoms with E-state index < -0.39 is 0 Å². The molecule has 0 aliphatic carbocycles. The Kier molecular flexibility index (Phi) is 3.28. The maximum Gasteiger partial charge on any atom is 0.197 e. The number of aromatic nitrogens is 1. The van der Waals surface area contributed by atoms with Crippen molar-refractivity contribution >= 4 is 11.1 Å². The summed E-state index contributed by atoms with van der Waals surface area (Å²) >= 11 is 0. The molecule has 1 heterocycles. The largest absolute Gasteiger partial charge is 0.440 e. The van der Waals surface area contributed by atoms with Crippen molar-refractivity contribution in [2.24, 2.45) is 5.73 Å². The van der Waals surface area contributed by atoms with Gasteiger partial charge in [0.1, 0.15) is 5.52 Å². The van der Waals surface area contributed by atoms with Crippen LogP contribution in [-0.4, -0.2) is 4.98 Å². The van der Waals surface area contributed by atoms with E-state index in [9.17, 15) is 0 Å². The van der Waals surface area contributed by atoms with E-state index in [0.717, 1.165) is 22.2 Å². The Morgan fingerprint density at radius 3 is 2.65 bits per heavy atom. The summed E-state index contributed by atoms with van der Waals surface area (Å²) in [5.41, 5.74) is 11.4. The highest BCUT2D eigenvalue weighted by molar-refractivity contribution is 5.77. The number of benzene rings is 2. The molecule has 20 heavy (non-hydrogen) atoms. The van der Waals surface area contributed by atoms with Gasteiger partial charge < -0.3 is 10.2 Å². The van der Waals surface area contributed by atoms with Gasteiger partial charge in [-0.2, -0.15) is 0 Å². The van der Waals surface area contributed by atoms with Gasteiger partial charge in [-0.25, -0.2) is 4.98 Å². The first-order valence-corrected chi connectivity index (χ1v) is 6.80. The van der Waals surface area contributed by atoms with Crippen molar-refractivity contribution in [2.45, 2.75) is 26.3 Å². The maximum absolute atomic E-state index is 6.22. The van der Waals surface area contributed by atoms with Crippen LogP contribution in [0.1, 0.15) is 28.6 Å².